The van der Waals surface area contributed by atoms with Gasteiger partial charge < -0.3 is 15.4 Å². The van der Waals surface area contributed by atoms with Gasteiger partial charge in [0.1, 0.15) is 35.6 Å². The van der Waals surface area contributed by atoms with Gasteiger partial charge in [0.2, 0.25) is 5.95 Å². The Morgan fingerprint density at radius 3 is 2.64 bits per heavy atom. The van der Waals surface area contributed by atoms with Crippen LogP contribution in [0.3, 0.4) is 0 Å². The molecule has 1 aliphatic rings. The zero-order chi connectivity index (χ0) is 22.9. The number of rotatable bonds is 6. The largest absolute Gasteiger partial charge is 0.370 e. The van der Waals surface area contributed by atoms with Gasteiger partial charge in [-0.15, -0.1) is 0 Å². The van der Waals surface area contributed by atoms with E-state index in [1.54, 1.807) is 31.2 Å². The molecule has 0 aliphatic carbocycles. The zero-order valence-corrected chi connectivity index (χ0v) is 18.0. The van der Waals surface area contributed by atoms with E-state index < -0.39 is 11.9 Å². The summed E-state index contributed by atoms with van der Waals surface area (Å²) in [6, 6.07) is 10.8. The van der Waals surface area contributed by atoms with E-state index in [9.17, 15) is 8.78 Å². The number of fused-ring (bicyclic) bond motifs is 1. The number of nitrogens with zero attached hydrogens (tertiary/aromatic N) is 5. The fourth-order valence-electron chi connectivity index (χ4n) is 3.79. The SMILES string of the molecule is CCNc1nc(Nc2ccc(-n3ncnc3C)c(F)c2)nc2c1COC2c1ccc(F)cc1. The van der Waals surface area contributed by atoms with Crippen LogP contribution in [0, 0.1) is 18.6 Å². The second-order valence-electron chi connectivity index (χ2n) is 7.54. The lowest BCUT2D eigenvalue weighted by Gasteiger charge is -2.14. The third kappa shape index (κ3) is 4.00. The molecule has 0 spiro atoms. The molecule has 1 unspecified atom stereocenters. The van der Waals surface area contributed by atoms with Crippen molar-refractivity contribution in [1.29, 1.82) is 0 Å². The summed E-state index contributed by atoms with van der Waals surface area (Å²) in [4.78, 5) is 13.3. The van der Waals surface area contributed by atoms with Crippen molar-refractivity contribution in [3.63, 3.8) is 0 Å². The minimum atomic E-state index is -0.464. The van der Waals surface area contributed by atoms with E-state index in [0.29, 0.717) is 47.8 Å². The molecule has 1 atom stereocenters. The maximum atomic E-state index is 14.8. The molecule has 5 rings (SSSR count). The van der Waals surface area contributed by atoms with Crippen molar-refractivity contribution in [3.05, 3.63) is 83.1 Å². The summed E-state index contributed by atoms with van der Waals surface area (Å²) in [5, 5.41) is 10.4. The number of aryl methyl sites for hydroxylation is 1. The highest BCUT2D eigenvalue weighted by Gasteiger charge is 2.30. The molecule has 0 saturated heterocycles. The highest BCUT2D eigenvalue weighted by Crippen LogP contribution is 2.38. The van der Waals surface area contributed by atoms with Crippen molar-refractivity contribution in [2.24, 2.45) is 0 Å². The Morgan fingerprint density at radius 1 is 1.12 bits per heavy atom. The summed E-state index contributed by atoms with van der Waals surface area (Å²) in [6.07, 6.45) is 0.928. The van der Waals surface area contributed by atoms with E-state index in [0.717, 1.165) is 11.1 Å². The highest BCUT2D eigenvalue weighted by atomic mass is 19.1. The van der Waals surface area contributed by atoms with Crippen molar-refractivity contribution >= 4 is 17.5 Å². The fraction of sp³-hybridized carbons (Fsp3) is 0.217. The molecule has 3 heterocycles. The number of nitrogens with one attached hydrogen (secondary N) is 2. The van der Waals surface area contributed by atoms with Gasteiger partial charge in [-0.3, -0.25) is 0 Å². The van der Waals surface area contributed by atoms with Gasteiger partial charge >= 0.3 is 0 Å². The standard InChI is InChI=1S/C23H21F2N7O/c1-3-26-22-17-11-33-21(14-4-6-15(24)7-5-14)20(17)30-23(31-22)29-16-8-9-19(18(25)10-16)32-13(2)27-12-28-32/h4-10,12,21H,3,11H2,1-2H3,(H2,26,29,30,31). The van der Waals surface area contributed by atoms with Crippen LogP contribution in [-0.4, -0.2) is 31.3 Å². The Hall–Kier alpha value is -3.92. The minimum Gasteiger partial charge on any atom is -0.370 e. The minimum absolute atomic E-state index is 0.295. The molecule has 33 heavy (non-hydrogen) atoms. The molecule has 10 heteroatoms. The van der Waals surface area contributed by atoms with Crippen LogP contribution >= 0.6 is 0 Å². The third-order valence-corrected chi connectivity index (χ3v) is 5.35. The van der Waals surface area contributed by atoms with Gasteiger partial charge in [-0.05, 0) is 49.7 Å². The molecular weight excluding hydrogens is 428 g/mol. The third-order valence-electron chi connectivity index (χ3n) is 5.35. The van der Waals surface area contributed by atoms with Gasteiger partial charge in [-0.1, -0.05) is 12.1 Å². The number of hydrogen-bond acceptors (Lipinski definition) is 7. The number of aromatic nitrogens is 5. The molecule has 0 fully saturated rings. The predicted octanol–water partition coefficient (Wildman–Crippen LogP) is 4.44. The highest BCUT2D eigenvalue weighted by molar-refractivity contribution is 5.60. The lowest BCUT2D eigenvalue weighted by molar-refractivity contribution is 0.0924. The van der Waals surface area contributed by atoms with Crippen LogP contribution in [-0.2, 0) is 11.3 Å². The summed E-state index contributed by atoms with van der Waals surface area (Å²) in [5.41, 5.74) is 3.10. The Kier molecular flexibility index (Phi) is 5.43. The first kappa shape index (κ1) is 21.0. The molecule has 2 aromatic heterocycles. The van der Waals surface area contributed by atoms with Crippen LogP contribution in [0.25, 0.3) is 5.69 Å². The van der Waals surface area contributed by atoms with Crippen molar-refractivity contribution in [2.45, 2.75) is 26.6 Å². The molecule has 4 aromatic rings. The molecule has 0 bridgehead atoms. The molecule has 1 aliphatic heterocycles. The topological polar surface area (TPSA) is 89.8 Å². The van der Waals surface area contributed by atoms with Gasteiger partial charge in [0, 0.05) is 17.8 Å². The Labute approximate surface area is 188 Å². The van der Waals surface area contributed by atoms with Crippen LogP contribution < -0.4 is 10.6 Å². The second kappa shape index (κ2) is 8.55. The monoisotopic (exact) mass is 449 g/mol. The maximum absolute atomic E-state index is 14.8. The Morgan fingerprint density at radius 2 is 1.94 bits per heavy atom. The lowest BCUT2D eigenvalue weighted by Crippen LogP contribution is -2.10. The van der Waals surface area contributed by atoms with Gasteiger partial charge in [0.05, 0.1) is 12.3 Å². The Bertz CT molecular complexity index is 1310. The molecule has 0 amide bonds. The quantitative estimate of drug-likeness (QED) is 0.450. The first-order chi connectivity index (χ1) is 16.0. The van der Waals surface area contributed by atoms with E-state index >= 15 is 0 Å². The summed E-state index contributed by atoms with van der Waals surface area (Å²) < 4.78 is 35.6. The lowest BCUT2D eigenvalue weighted by atomic mass is 10.0. The predicted molar refractivity (Wildman–Crippen MR) is 119 cm³/mol. The van der Waals surface area contributed by atoms with Crippen molar-refractivity contribution in [2.75, 3.05) is 17.2 Å². The van der Waals surface area contributed by atoms with E-state index in [2.05, 4.69) is 30.7 Å². The van der Waals surface area contributed by atoms with E-state index in [1.807, 2.05) is 6.92 Å². The van der Waals surface area contributed by atoms with Gasteiger partial charge in [0.25, 0.3) is 0 Å². The smallest absolute Gasteiger partial charge is 0.229 e. The van der Waals surface area contributed by atoms with Crippen LogP contribution in [0.5, 0.6) is 0 Å². The fourth-order valence-corrected chi connectivity index (χ4v) is 3.79. The molecule has 0 radical (unpaired) electrons. The maximum Gasteiger partial charge on any atom is 0.229 e. The molecule has 8 nitrogen and oxygen atoms in total. The zero-order valence-electron chi connectivity index (χ0n) is 18.0. The van der Waals surface area contributed by atoms with Crippen LogP contribution in [0.1, 0.15) is 35.7 Å². The average Bonchev–Trinajstić information content (AvgIpc) is 3.41. The van der Waals surface area contributed by atoms with E-state index in [-0.39, 0.29) is 5.82 Å². The number of anilines is 3. The average molecular weight is 449 g/mol. The number of ether oxygens (including phenoxy) is 1. The second-order valence-corrected chi connectivity index (χ2v) is 7.54. The number of halogens is 2. The first-order valence-corrected chi connectivity index (χ1v) is 10.5. The Balaban J connectivity index is 1.48. The van der Waals surface area contributed by atoms with Crippen molar-refractivity contribution in [3.8, 4) is 5.69 Å². The van der Waals surface area contributed by atoms with Crippen molar-refractivity contribution in [1.82, 2.24) is 24.7 Å². The van der Waals surface area contributed by atoms with Gasteiger partial charge in [0.15, 0.2) is 5.82 Å². The van der Waals surface area contributed by atoms with E-state index in [1.165, 1.54) is 29.2 Å². The summed E-state index contributed by atoms with van der Waals surface area (Å²) in [6.45, 7) is 4.71. The van der Waals surface area contributed by atoms with Crippen LogP contribution in [0.4, 0.5) is 26.2 Å². The first-order valence-electron chi connectivity index (χ1n) is 10.5. The summed E-state index contributed by atoms with van der Waals surface area (Å²) in [7, 11) is 0. The number of benzene rings is 2. The summed E-state index contributed by atoms with van der Waals surface area (Å²) >= 11 is 0. The van der Waals surface area contributed by atoms with Gasteiger partial charge in [-0.2, -0.15) is 10.1 Å². The molecule has 2 N–H and O–H groups in total. The number of hydrogen-bond donors (Lipinski definition) is 2. The van der Waals surface area contributed by atoms with Crippen molar-refractivity contribution < 1.29 is 13.5 Å². The van der Waals surface area contributed by atoms with Crippen LogP contribution in [0.2, 0.25) is 0 Å². The van der Waals surface area contributed by atoms with Gasteiger partial charge in [-0.25, -0.2) is 23.4 Å². The molecule has 2 aromatic carbocycles. The molecule has 0 saturated carbocycles. The van der Waals surface area contributed by atoms with E-state index in [4.69, 9.17) is 4.74 Å². The normalized spacial score (nSPS) is 14.8. The molecule has 168 valence electrons. The summed E-state index contributed by atoms with van der Waals surface area (Å²) in [5.74, 6) is 0.742. The van der Waals surface area contributed by atoms with Crippen LogP contribution in [0.15, 0.2) is 48.8 Å². The molecular formula is C23H21F2N7O.